The largest absolute Gasteiger partial charge is 0.298 e. The molecule has 2 aromatic rings. The highest BCUT2D eigenvalue weighted by Crippen LogP contribution is 2.33. The third-order valence-electron chi connectivity index (χ3n) is 2.80. The molecule has 2 aromatic heterocycles. The van der Waals surface area contributed by atoms with Crippen molar-refractivity contribution >= 4 is 49.6 Å². The molecule has 0 aliphatic heterocycles. The summed E-state index contributed by atoms with van der Waals surface area (Å²) in [6.07, 6.45) is 2.84. The van der Waals surface area contributed by atoms with Crippen LogP contribution in [0, 0.1) is 19.8 Å². The van der Waals surface area contributed by atoms with Crippen molar-refractivity contribution in [2.75, 3.05) is 5.32 Å². The first-order valence-corrected chi connectivity index (χ1v) is 8.82. The summed E-state index contributed by atoms with van der Waals surface area (Å²) in [5, 5.41) is 3.56. The second kappa shape index (κ2) is 6.37. The highest BCUT2D eigenvalue weighted by Gasteiger charge is 2.19. The van der Waals surface area contributed by atoms with Crippen LogP contribution in [-0.2, 0) is 6.42 Å². The van der Waals surface area contributed by atoms with Gasteiger partial charge in [0.25, 0.3) is 5.91 Å². The zero-order chi connectivity index (χ0) is 14.9. The Balaban J connectivity index is 2.13. The third-order valence-corrected chi connectivity index (χ3v) is 6.01. The van der Waals surface area contributed by atoms with Gasteiger partial charge in [-0.05, 0) is 42.1 Å². The summed E-state index contributed by atoms with van der Waals surface area (Å²) in [6, 6.07) is 0. The fourth-order valence-corrected chi connectivity index (χ4v) is 4.76. The van der Waals surface area contributed by atoms with E-state index in [0.29, 0.717) is 16.6 Å². The molecule has 20 heavy (non-hydrogen) atoms. The monoisotopic (exact) mass is 372 g/mol. The number of hydrogen-bond donors (Lipinski definition) is 1. The van der Waals surface area contributed by atoms with Crippen LogP contribution in [0.4, 0.5) is 5.13 Å². The van der Waals surface area contributed by atoms with Gasteiger partial charge in [0.2, 0.25) is 0 Å². The quantitative estimate of drug-likeness (QED) is 0.816. The third kappa shape index (κ3) is 3.48. The predicted octanol–water partition coefficient (Wildman–Crippen LogP) is 5.03. The minimum Gasteiger partial charge on any atom is -0.298 e. The summed E-state index contributed by atoms with van der Waals surface area (Å²) >= 11 is 6.66. The van der Waals surface area contributed by atoms with Crippen molar-refractivity contribution in [3.05, 3.63) is 30.9 Å². The Morgan fingerprint density at radius 2 is 2.05 bits per heavy atom. The first-order chi connectivity index (χ1) is 9.38. The van der Waals surface area contributed by atoms with Crippen LogP contribution in [0.1, 0.15) is 38.8 Å². The highest BCUT2D eigenvalue weighted by atomic mass is 79.9. The molecule has 0 fully saturated rings. The summed E-state index contributed by atoms with van der Waals surface area (Å²) in [4.78, 5) is 19.9. The number of carbonyl (C=O) groups excluding carboxylic acids is 1. The number of halogens is 1. The maximum atomic E-state index is 12.3. The van der Waals surface area contributed by atoms with Crippen molar-refractivity contribution < 1.29 is 4.79 Å². The normalized spacial score (nSPS) is 11.1. The Kier molecular flexibility index (Phi) is 4.99. The van der Waals surface area contributed by atoms with Crippen molar-refractivity contribution in [3.63, 3.8) is 0 Å². The SMILES string of the molecule is Cc1sc(C)c(C(=O)Nc2ncc(CC(C)C)s2)c1Br. The molecule has 108 valence electrons. The fourth-order valence-electron chi connectivity index (χ4n) is 1.94. The zero-order valence-electron chi connectivity index (χ0n) is 11.9. The Morgan fingerprint density at radius 3 is 2.60 bits per heavy atom. The van der Waals surface area contributed by atoms with Crippen molar-refractivity contribution in [2.24, 2.45) is 5.92 Å². The fraction of sp³-hybridized carbons (Fsp3) is 0.429. The van der Waals surface area contributed by atoms with Gasteiger partial charge >= 0.3 is 0 Å². The molecule has 2 rings (SSSR count). The van der Waals surface area contributed by atoms with Crippen LogP contribution >= 0.6 is 38.6 Å². The molecule has 0 radical (unpaired) electrons. The molecule has 0 bridgehead atoms. The average Bonchev–Trinajstić information content (AvgIpc) is 2.84. The molecule has 0 aliphatic carbocycles. The standard InChI is InChI=1S/C14H17BrN2OS2/c1-7(2)5-10-6-16-14(20-10)17-13(18)11-8(3)19-9(4)12(11)15/h6-7H,5H2,1-4H3,(H,16,17,18). The van der Waals surface area contributed by atoms with Crippen molar-refractivity contribution in [3.8, 4) is 0 Å². The van der Waals surface area contributed by atoms with Crippen LogP contribution in [0.2, 0.25) is 0 Å². The molecule has 0 aliphatic rings. The van der Waals surface area contributed by atoms with Crippen LogP contribution in [0.5, 0.6) is 0 Å². The number of carbonyl (C=O) groups is 1. The number of thiazole rings is 1. The Hall–Kier alpha value is -0.720. The van der Waals surface area contributed by atoms with Gasteiger partial charge in [0.05, 0.1) is 5.56 Å². The molecule has 0 unspecified atom stereocenters. The molecule has 1 amide bonds. The molecular weight excluding hydrogens is 356 g/mol. The van der Waals surface area contributed by atoms with Gasteiger partial charge < -0.3 is 0 Å². The second-order valence-electron chi connectivity index (χ2n) is 5.09. The Bertz CT molecular complexity index is 631. The number of aromatic nitrogens is 1. The van der Waals surface area contributed by atoms with E-state index < -0.39 is 0 Å². The van der Waals surface area contributed by atoms with Gasteiger partial charge in [-0.2, -0.15) is 0 Å². The van der Waals surface area contributed by atoms with Gasteiger partial charge in [0, 0.05) is 25.3 Å². The van der Waals surface area contributed by atoms with Crippen LogP contribution in [0.25, 0.3) is 0 Å². The Labute approximate surface area is 135 Å². The van der Waals surface area contributed by atoms with E-state index >= 15 is 0 Å². The molecule has 0 aromatic carbocycles. The van der Waals surface area contributed by atoms with Crippen LogP contribution < -0.4 is 5.32 Å². The van der Waals surface area contributed by atoms with Crippen LogP contribution in [-0.4, -0.2) is 10.9 Å². The van der Waals surface area contributed by atoms with E-state index in [1.54, 1.807) is 22.7 Å². The molecule has 1 N–H and O–H groups in total. The van der Waals surface area contributed by atoms with E-state index in [2.05, 4.69) is 40.1 Å². The number of anilines is 1. The lowest BCUT2D eigenvalue weighted by Crippen LogP contribution is -2.12. The number of nitrogens with one attached hydrogen (secondary N) is 1. The first-order valence-electron chi connectivity index (χ1n) is 6.40. The number of rotatable bonds is 4. The summed E-state index contributed by atoms with van der Waals surface area (Å²) in [7, 11) is 0. The molecule has 3 nitrogen and oxygen atoms in total. The van der Waals surface area contributed by atoms with Crippen molar-refractivity contribution in [2.45, 2.75) is 34.1 Å². The van der Waals surface area contributed by atoms with Crippen LogP contribution in [0.3, 0.4) is 0 Å². The average molecular weight is 373 g/mol. The molecule has 2 heterocycles. The van der Waals surface area contributed by atoms with E-state index in [9.17, 15) is 4.79 Å². The predicted molar refractivity (Wildman–Crippen MR) is 90.1 cm³/mol. The maximum absolute atomic E-state index is 12.3. The number of thiophene rings is 1. The zero-order valence-corrected chi connectivity index (χ0v) is 15.1. The summed E-state index contributed by atoms with van der Waals surface area (Å²) in [5.74, 6) is 0.499. The molecule has 0 atom stereocenters. The second-order valence-corrected chi connectivity index (χ2v) is 8.42. The van der Waals surface area contributed by atoms with E-state index in [-0.39, 0.29) is 5.91 Å². The van der Waals surface area contributed by atoms with Gasteiger partial charge in [-0.25, -0.2) is 4.98 Å². The van der Waals surface area contributed by atoms with E-state index in [4.69, 9.17) is 0 Å². The Morgan fingerprint density at radius 1 is 1.35 bits per heavy atom. The minimum absolute atomic E-state index is 0.0934. The topological polar surface area (TPSA) is 42.0 Å². The lowest BCUT2D eigenvalue weighted by atomic mass is 10.1. The van der Waals surface area contributed by atoms with Crippen LogP contribution in [0.15, 0.2) is 10.7 Å². The number of nitrogens with zero attached hydrogens (tertiary/aromatic N) is 1. The summed E-state index contributed by atoms with van der Waals surface area (Å²) in [6.45, 7) is 8.31. The number of amides is 1. The van der Waals surface area contributed by atoms with Gasteiger partial charge in [0.1, 0.15) is 0 Å². The lowest BCUT2D eigenvalue weighted by Gasteiger charge is -2.02. The van der Waals surface area contributed by atoms with Gasteiger partial charge in [0.15, 0.2) is 5.13 Å². The molecule has 0 saturated carbocycles. The number of hydrogen-bond acceptors (Lipinski definition) is 4. The van der Waals surface area contributed by atoms with E-state index in [1.165, 1.54) is 4.88 Å². The summed E-state index contributed by atoms with van der Waals surface area (Å²) < 4.78 is 0.886. The molecule has 0 saturated heterocycles. The first kappa shape index (κ1) is 15.7. The van der Waals surface area contributed by atoms with Gasteiger partial charge in [-0.15, -0.1) is 22.7 Å². The molecule has 0 spiro atoms. The number of aryl methyl sites for hydroxylation is 2. The maximum Gasteiger partial charge on any atom is 0.259 e. The molecule has 6 heteroatoms. The van der Waals surface area contributed by atoms with Gasteiger partial charge in [-0.1, -0.05) is 13.8 Å². The molecular formula is C14H17BrN2OS2. The summed E-state index contributed by atoms with van der Waals surface area (Å²) in [5.41, 5.74) is 0.716. The van der Waals surface area contributed by atoms with Crippen molar-refractivity contribution in [1.29, 1.82) is 0 Å². The van der Waals surface area contributed by atoms with E-state index in [1.807, 2.05) is 20.0 Å². The van der Waals surface area contributed by atoms with E-state index in [0.717, 1.165) is 20.6 Å². The van der Waals surface area contributed by atoms with Crippen molar-refractivity contribution in [1.82, 2.24) is 4.98 Å². The van der Waals surface area contributed by atoms with Gasteiger partial charge in [-0.3, -0.25) is 10.1 Å². The minimum atomic E-state index is -0.0934. The lowest BCUT2D eigenvalue weighted by molar-refractivity contribution is 0.102. The smallest absolute Gasteiger partial charge is 0.259 e. The highest BCUT2D eigenvalue weighted by molar-refractivity contribution is 9.10.